The third kappa shape index (κ3) is 5.72. The maximum Gasteiger partial charge on any atom is 0.254 e. The molecular weight excluding hydrogens is 309 g/mol. The minimum Gasteiger partial charge on any atom is -0.352 e. The molecule has 106 valence electrons. The molecule has 0 aliphatic carbocycles. The monoisotopic (exact) mass is 329 g/mol. The van der Waals surface area contributed by atoms with E-state index in [4.69, 9.17) is 0 Å². The van der Waals surface area contributed by atoms with Gasteiger partial charge in [0.15, 0.2) is 0 Å². The van der Waals surface area contributed by atoms with Crippen LogP contribution in [-0.4, -0.2) is 12.5 Å². The van der Waals surface area contributed by atoms with E-state index in [1.807, 2.05) is 0 Å². The van der Waals surface area contributed by atoms with Crippen LogP contribution in [0.15, 0.2) is 22.7 Å². The number of unbranched alkanes of at least 4 members (excludes halogenated alkanes) is 5. The topological polar surface area (TPSA) is 29.1 Å². The van der Waals surface area contributed by atoms with Crippen LogP contribution >= 0.6 is 15.9 Å². The average molecular weight is 330 g/mol. The molecule has 0 radical (unpaired) electrons. The molecule has 0 aliphatic heterocycles. The standard InChI is InChI=1S/C15H21BrFNO/c1-2-3-4-5-6-7-11-18-15(19)12-9-8-10-13(16)14(12)17/h8-10H,2-7,11H2,1H3,(H,18,19). The molecule has 0 saturated carbocycles. The second-order valence-electron chi connectivity index (χ2n) is 4.63. The first kappa shape index (κ1) is 16.2. The van der Waals surface area contributed by atoms with Gasteiger partial charge in [-0.3, -0.25) is 4.79 Å². The molecule has 0 aromatic heterocycles. The van der Waals surface area contributed by atoms with Crippen LogP contribution in [0.3, 0.4) is 0 Å². The van der Waals surface area contributed by atoms with Crippen molar-refractivity contribution < 1.29 is 9.18 Å². The predicted octanol–water partition coefficient (Wildman–Crippen LogP) is 4.68. The SMILES string of the molecule is CCCCCCCCNC(=O)c1cccc(Br)c1F. The summed E-state index contributed by atoms with van der Waals surface area (Å²) in [7, 11) is 0. The fourth-order valence-corrected chi connectivity index (χ4v) is 2.25. The van der Waals surface area contributed by atoms with E-state index in [9.17, 15) is 9.18 Å². The van der Waals surface area contributed by atoms with Gasteiger partial charge in [-0.15, -0.1) is 0 Å². The van der Waals surface area contributed by atoms with Gasteiger partial charge in [0.05, 0.1) is 10.0 Å². The number of hydrogen-bond donors (Lipinski definition) is 1. The Morgan fingerprint density at radius 1 is 1.21 bits per heavy atom. The molecule has 0 atom stereocenters. The van der Waals surface area contributed by atoms with Crippen LogP contribution < -0.4 is 5.32 Å². The Kier molecular flexibility index (Phi) is 7.72. The van der Waals surface area contributed by atoms with Crippen LogP contribution in [-0.2, 0) is 0 Å². The van der Waals surface area contributed by atoms with Crippen molar-refractivity contribution in [3.63, 3.8) is 0 Å². The molecule has 1 aromatic carbocycles. The van der Waals surface area contributed by atoms with Crippen LogP contribution in [0.5, 0.6) is 0 Å². The molecule has 0 fully saturated rings. The maximum absolute atomic E-state index is 13.7. The molecule has 1 aromatic rings. The fraction of sp³-hybridized carbons (Fsp3) is 0.533. The summed E-state index contributed by atoms with van der Waals surface area (Å²) in [5, 5.41) is 2.76. The number of rotatable bonds is 8. The number of nitrogens with one attached hydrogen (secondary N) is 1. The van der Waals surface area contributed by atoms with E-state index >= 15 is 0 Å². The van der Waals surface area contributed by atoms with Gasteiger partial charge in [0.1, 0.15) is 5.82 Å². The first-order valence-electron chi connectivity index (χ1n) is 6.89. The lowest BCUT2D eigenvalue weighted by Crippen LogP contribution is -2.25. The van der Waals surface area contributed by atoms with E-state index in [0.717, 1.165) is 12.8 Å². The number of carbonyl (C=O) groups excluding carboxylic acids is 1. The summed E-state index contributed by atoms with van der Waals surface area (Å²) in [4.78, 5) is 11.8. The largest absolute Gasteiger partial charge is 0.352 e. The summed E-state index contributed by atoms with van der Waals surface area (Å²) in [6, 6.07) is 4.74. The van der Waals surface area contributed by atoms with Crippen molar-refractivity contribution in [2.24, 2.45) is 0 Å². The number of benzene rings is 1. The average Bonchev–Trinajstić information content (AvgIpc) is 2.40. The Morgan fingerprint density at radius 2 is 1.89 bits per heavy atom. The first-order valence-corrected chi connectivity index (χ1v) is 7.68. The van der Waals surface area contributed by atoms with E-state index in [2.05, 4.69) is 28.2 Å². The minimum atomic E-state index is -0.497. The normalized spacial score (nSPS) is 10.5. The molecule has 0 bridgehead atoms. The second-order valence-corrected chi connectivity index (χ2v) is 5.48. The molecule has 0 heterocycles. The van der Waals surface area contributed by atoms with Gasteiger partial charge < -0.3 is 5.32 Å². The first-order chi connectivity index (χ1) is 9.16. The lowest BCUT2D eigenvalue weighted by atomic mass is 10.1. The smallest absolute Gasteiger partial charge is 0.254 e. The molecule has 19 heavy (non-hydrogen) atoms. The Bertz CT molecular complexity index is 409. The lowest BCUT2D eigenvalue weighted by Gasteiger charge is -2.07. The summed E-state index contributed by atoms with van der Waals surface area (Å²) < 4.78 is 14.0. The summed E-state index contributed by atoms with van der Waals surface area (Å²) in [6.07, 6.45) is 7.03. The zero-order chi connectivity index (χ0) is 14.1. The van der Waals surface area contributed by atoms with Gasteiger partial charge in [-0.2, -0.15) is 0 Å². The Morgan fingerprint density at radius 3 is 2.63 bits per heavy atom. The highest BCUT2D eigenvalue weighted by Gasteiger charge is 2.12. The highest BCUT2D eigenvalue weighted by molar-refractivity contribution is 9.10. The van der Waals surface area contributed by atoms with Crippen molar-refractivity contribution >= 4 is 21.8 Å². The Labute approximate surface area is 122 Å². The molecule has 0 saturated heterocycles. The minimum absolute atomic E-state index is 0.0976. The summed E-state index contributed by atoms with van der Waals surface area (Å²) in [5.74, 6) is -0.838. The van der Waals surface area contributed by atoms with Crippen LogP contribution in [0.25, 0.3) is 0 Å². The molecular formula is C15H21BrFNO. The molecule has 0 aliphatic rings. The van der Waals surface area contributed by atoms with Crippen LogP contribution in [0.1, 0.15) is 55.8 Å². The Balaban J connectivity index is 2.26. The molecule has 1 N–H and O–H groups in total. The van der Waals surface area contributed by atoms with Gasteiger partial charge in [0.2, 0.25) is 0 Å². The third-order valence-corrected chi connectivity index (χ3v) is 3.62. The van der Waals surface area contributed by atoms with Gasteiger partial charge in [0.25, 0.3) is 5.91 Å². The van der Waals surface area contributed by atoms with Gasteiger partial charge in [-0.05, 0) is 34.5 Å². The van der Waals surface area contributed by atoms with Crippen molar-refractivity contribution in [1.29, 1.82) is 0 Å². The highest BCUT2D eigenvalue weighted by Crippen LogP contribution is 2.18. The summed E-state index contributed by atoms with van der Waals surface area (Å²) in [6.45, 7) is 2.80. The van der Waals surface area contributed by atoms with Gasteiger partial charge in [-0.1, -0.05) is 45.1 Å². The van der Waals surface area contributed by atoms with Crippen molar-refractivity contribution in [3.8, 4) is 0 Å². The Hall–Kier alpha value is -0.900. The molecule has 1 rings (SSSR count). The zero-order valence-electron chi connectivity index (χ0n) is 11.3. The van der Waals surface area contributed by atoms with Gasteiger partial charge >= 0.3 is 0 Å². The summed E-state index contributed by atoms with van der Waals surface area (Å²) >= 11 is 3.08. The molecule has 0 unspecified atom stereocenters. The lowest BCUT2D eigenvalue weighted by molar-refractivity contribution is 0.0948. The van der Waals surface area contributed by atoms with Crippen LogP contribution in [0.4, 0.5) is 4.39 Å². The van der Waals surface area contributed by atoms with Crippen LogP contribution in [0.2, 0.25) is 0 Å². The maximum atomic E-state index is 13.7. The number of amides is 1. The van der Waals surface area contributed by atoms with Crippen molar-refractivity contribution in [3.05, 3.63) is 34.1 Å². The van der Waals surface area contributed by atoms with E-state index in [1.54, 1.807) is 12.1 Å². The van der Waals surface area contributed by atoms with Crippen LogP contribution in [0, 0.1) is 5.82 Å². The second kappa shape index (κ2) is 9.08. The molecule has 1 amide bonds. The number of hydrogen-bond acceptors (Lipinski definition) is 1. The fourth-order valence-electron chi connectivity index (χ4n) is 1.88. The van der Waals surface area contributed by atoms with Gasteiger partial charge in [-0.25, -0.2) is 4.39 Å². The quantitative estimate of drug-likeness (QED) is 0.689. The molecule has 2 nitrogen and oxygen atoms in total. The van der Waals surface area contributed by atoms with Crippen molar-refractivity contribution in [1.82, 2.24) is 5.32 Å². The van der Waals surface area contributed by atoms with Gasteiger partial charge in [0, 0.05) is 6.54 Å². The van der Waals surface area contributed by atoms with E-state index in [1.165, 1.54) is 31.7 Å². The summed E-state index contributed by atoms with van der Waals surface area (Å²) in [5.41, 5.74) is 0.0976. The molecule has 0 spiro atoms. The van der Waals surface area contributed by atoms with Crippen molar-refractivity contribution in [2.45, 2.75) is 45.4 Å². The van der Waals surface area contributed by atoms with E-state index in [0.29, 0.717) is 11.0 Å². The van der Waals surface area contributed by atoms with E-state index in [-0.39, 0.29) is 11.5 Å². The van der Waals surface area contributed by atoms with Crippen molar-refractivity contribution in [2.75, 3.05) is 6.54 Å². The number of halogens is 2. The molecule has 4 heteroatoms. The van der Waals surface area contributed by atoms with E-state index < -0.39 is 5.82 Å². The zero-order valence-corrected chi connectivity index (χ0v) is 12.9. The predicted molar refractivity (Wildman–Crippen MR) is 79.8 cm³/mol. The number of carbonyl (C=O) groups is 1. The third-order valence-electron chi connectivity index (χ3n) is 3.01. The highest BCUT2D eigenvalue weighted by atomic mass is 79.9.